The van der Waals surface area contributed by atoms with Gasteiger partial charge in [0.2, 0.25) is 0 Å². The Morgan fingerprint density at radius 3 is 2.52 bits per heavy atom. The number of benzene rings is 1. The summed E-state index contributed by atoms with van der Waals surface area (Å²) in [6.45, 7) is 2.09. The van der Waals surface area contributed by atoms with Gasteiger partial charge in [-0.2, -0.15) is 5.26 Å². The van der Waals surface area contributed by atoms with Crippen LogP contribution in [0.2, 0.25) is 0 Å². The van der Waals surface area contributed by atoms with Gasteiger partial charge in [0.05, 0.1) is 5.39 Å². The van der Waals surface area contributed by atoms with Crippen molar-refractivity contribution in [3.05, 3.63) is 45.0 Å². The molecule has 2 aromatic heterocycles. The van der Waals surface area contributed by atoms with Crippen molar-refractivity contribution in [1.82, 2.24) is 15.0 Å². The highest BCUT2D eigenvalue weighted by Gasteiger charge is 2.19. The van der Waals surface area contributed by atoms with Crippen molar-refractivity contribution in [3.8, 4) is 17.2 Å². The second-order valence-electron chi connectivity index (χ2n) is 6.59. The maximum absolute atomic E-state index is 12.5. The monoisotopic (exact) mass is 378 g/mol. The summed E-state index contributed by atoms with van der Waals surface area (Å²) in [7, 11) is 0. The first-order valence-corrected chi connectivity index (χ1v) is 9.20. The summed E-state index contributed by atoms with van der Waals surface area (Å²) in [6.07, 6.45) is 3.66. The van der Waals surface area contributed by atoms with Gasteiger partial charge in [-0.1, -0.05) is 12.1 Å². The van der Waals surface area contributed by atoms with E-state index in [2.05, 4.69) is 25.9 Å². The van der Waals surface area contributed by atoms with Crippen molar-refractivity contribution in [3.63, 3.8) is 0 Å². The number of hydrogen-bond donors (Lipinski definition) is 3. The smallest absolute Gasteiger partial charge is 0.261 e. The van der Waals surface area contributed by atoms with Crippen molar-refractivity contribution < 1.29 is 0 Å². The number of fused-ring (bicyclic) bond motifs is 1. The van der Waals surface area contributed by atoms with Gasteiger partial charge >= 0.3 is 0 Å². The Morgan fingerprint density at radius 2 is 1.85 bits per heavy atom. The number of aromatic nitrogens is 3. The third kappa shape index (κ3) is 3.06. The molecule has 27 heavy (non-hydrogen) atoms. The molecule has 0 unspecified atom stereocenters. The molecule has 0 aliphatic carbocycles. The Labute approximate surface area is 160 Å². The van der Waals surface area contributed by atoms with Crippen LogP contribution in [0.15, 0.2) is 29.1 Å². The van der Waals surface area contributed by atoms with Crippen LogP contribution in [0.1, 0.15) is 24.8 Å². The van der Waals surface area contributed by atoms with Gasteiger partial charge in [-0.05, 0) is 49.2 Å². The Bertz CT molecular complexity index is 1170. The molecule has 0 spiro atoms. The zero-order chi connectivity index (χ0) is 19.0. The molecule has 1 aliphatic heterocycles. The van der Waals surface area contributed by atoms with Gasteiger partial charge in [0.25, 0.3) is 5.56 Å². The van der Waals surface area contributed by atoms with Crippen LogP contribution >= 0.6 is 12.2 Å². The van der Waals surface area contributed by atoms with Crippen LogP contribution in [0.25, 0.3) is 22.2 Å². The highest BCUT2D eigenvalue weighted by Crippen LogP contribution is 2.33. The largest absolute Gasteiger partial charge is 0.383 e. The minimum atomic E-state index is -0.396. The van der Waals surface area contributed by atoms with E-state index in [1.54, 1.807) is 0 Å². The van der Waals surface area contributed by atoms with E-state index >= 15 is 0 Å². The molecule has 0 atom stereocenters. The van der Waals surface area contributed by atoms with Crippen molar-refractivity contribution in [2.75, 3.05) is 23.7 Å². The lowest BCUT2D eigenvalue weighted by atomic mass is 9.97. The lowest BCUT2D eigenvalue weighted by Crippen LogP contribution is -2.29. The quantitative estimate of drug-likeness (QED) is 0.590. The molecule has 1 saturated heterocycles. The molecule has 1 fully saturated rings. The number of H-pyrrole nitrogens is 2. The Balaban J connectivity index is 1.91. The van der Waals surface area contributed by atoms with E-state index in [4.69, 9.17) is 18.0 Å². The molecule has 7 nitrogen and oxygen atoms in total. The molecule has 4 rings (SSSR count). The van der Waals surface area contributed by atoms with E-state index in [0.29, 0.717) is 5.56 Å². The fourth-order valence-corrected chi connectivity index (χ4v) is 3.80. The van der Waals surface area contributed by atoms with E-state index in [9.17, 15) is 10.1 Å². The Kier molecular flexibility index (Phi) is 4.38. The highest BCUT2D eigenvalue weighted by molar-refractivity contribution is 7.71. The second kappa shape index (κ2) is 6.85. The predicted molar refractivity (Wildman–Crippen MR) is 108 cm³/mol. The average Bonchev–Trinajstić information content (AvgIpc) is 2.67. The minimum Gasteiger partial charge on any atom is -0.383 e. The third-order valence-corrected chi connectivity index (χ3v) is 5.10. The maximum atomic E-state index is 12.5. The van der Waals surface area contributed by atoms with Gasteiger partial charge < -0.3 is 15.6 Å². The van der Waals surface area contributed by atoms with Crippen LogP contribution < -0.4 is 16.2 Å². The van der Waals surface area contributed by atoms with Crippen LogP contribution in [0, 0.1) is 16.1 Å². The second-order valence-corrected chi connectivity index (χ2v) is 6.99. The Hall–Kier alpha value is -3.18. The van der Waals surface area contributed by atoms with Crippen LogP contribution in [0.4, 0.5) is 11.5 Å². The van der Waals surface area contributed by atoms with Crippen molar-refractivity contribution >= 4 is 34.8 Å². The van der Waals surface area contributed by atoms with Crippen LogP contribution in [0.5, 0.6) is 0 Å². The minimum absolute atomic E-state index is 0.0661. The first-order valence-electron chi connectivity index (χ1n) is 8.80. The molecule has 0 radical (unpaired) electrons. The average molecular weight is 378 g/mol. The van der Waals surface area contributed by atoms with Gasteiger partial charge in [-0.25, -0.2) is 4.98 Å². The zero-order valence-corrected chi connectivity index (χ0v) is 15.4. The number of nitriles is 1. The van der Waals surface area contributed by atoms with Crippen molar-refractivity contribution in [1.29, 1.82) is 5.26 Å². The summed E-state index contributed by atoms with van der Waals surface area (Å²) in [4.78, 5) is 24.5. The van der Waals surface area contributed by atoms with E-state index in [-0.39, 0.29) is 27.2 Å². The molecule has 0 amide bonds. The highest BCUT2D eigenvalue weighted by atomic mass is 32.1. The summed E-state index contributed by atoms with van der Waals surface area (Å²) in [5.41, 5.74) is 8.38. The number of nitrogens with zero attached hydrogens (tertiary/aromatic N) is 3. The van der Waals surface area contributed by atoms with Gasteiger partial charge in [0.15, 0.2) is 4.77 Å². The number of rotatable bonds is 2. The van der Waals surface area contributed by atoms with Gasteiger partial charge in [-0.15, -0.1) is 0 Å². The summed E-state index contributed by atoms with van der Waals surface area (Å²) >= 11 is 5.02. The number of anilines is 2. The fourth-order valence-electron chi connectivity index (χ4n) is 3.61. The number of piperidine rings is 1. The van der Waals surface area contributed by atoms with Crippen LogP contribution in [-0.4, -0.2) is 28.0 Å². The van der Waals surface area contributed by atoms with E-state index in [1.165, 1.54) is 19.3 Å². The van der Waals surface area contributed by atoms with Crippen LogP contribution in [-0.2, 0) is 0 Å². The number of nitrogens with two attached hydrogens (primary N) is 1. The van der Waals surface area contributed by atoms with Gasteiger partial charge in [-0.3, -0.25) is 9.78 Å². The molecule has 1 aliphatic rings. The number of pyridine rings is 1. The fraction of sp³-hybridized carbons (Fsp3) is 0.263. The summed E-state index contributed by atoms with van der Waals surface area (Å²) in [5, 5.41) is 9.88. The number of nitrogen functional groups attached to an aromatic ring is 1. The number of aromatic amines is 2. The van der Waals surface area contributed by atoms with E-state index in [0.717, 1.165) is 24.3 Å². The summed E-state index contributed by atoms with van der Waals surface area (Å²) < 4.78 is 0.163. The molecule has 0 bridgehead atoms. The third-order valence-electron chi connectivity index (χ3n) is 4.90. The van der Waals surface area contributed by atoms with Gasteiger partial charge in [0.1, 0.15) is 23.1 Å². The zero-order valence-electron chi connectivity index (χ0n) is 14.6. The standard InChI is InChI=1S/C19H18N6OS/c20-10-13-14(15-17(22-16(13)21)23-19(27)24-18(15)26)11-4-6-12(7-5-11)25-8-2-1-3-9-25/h4-7H,1-3,8-9H2,(H4,21,22,23,24,26,27). The molecule has 3 heterocycles. The molecule has 1 aromatic carbocycles. The molecule has 0 saturated carbocycles. The molecule has 136 valence electrons. The van der Waals surface area contributed by atoms with E-state index < -0.39 is 5.56 Å². The number of nitrogens with one attached hydrogen (secondary N) is 2. The van der Waals surface area contributed by atoms with Crippen molar-refractivity contribution in [2.24, 2.45) is 0 Å². The first-order chi connectivity index (χ1) is 13.1. The molecule has 8 heteroatoms. The molecular formula is C19H18N6OS. The lowest BCUT2D eigenvalue weighted by Gasteiger charge is -2.29. The molecular weight excluding hydrogens is 360 g/mol. The van der Waals surface area contributed by atoms with Gasteiger partial charge in [0, 0.05) is 24.3 Å². The molecule has 4 N–H and O–H groups in total. The predicted octanol–water partition coefficient (Wildman–Crippen LogP) is 3.09. The maximum Gasteiger partial charge on any atom is 0.261 e. The number of hydrogen-bond acceptors (Lipinski definition) is 6. The van der Waals surface area contributed by atoms with E-state index in [1.807, 2.05) is 24.3 Å². The van der Waals surface area contributed by atoms with Crippen LogP contribution in [0.3, 0.4) is 0 Å². The normalized spacial score (nSPS) is 14.3. The lowest BCUT2D eigenvalue weighted by molar-refractivity contribution is 0.578. The summed E-state index contributed by atoms with van der Waals surface area (Å²) in [6, 6.07) is 9.95. The topological polar surface area (TPSA) is 115 Å². The SMILES string of the molecule is N#Cc1c(N)nc2[nH]c(=S)[nH]c(=O)c2c1-c1ccc(N2CCCCC2)cc1. The van der Waals surface area contributed by atoms with Crippen molar-refractivity contribution in [2.45, 2.75) is 19.3 Å². The molecule has 3 aromatic rings. The summed E-state index contributed by atoms with van der Waals surface area (Å²) in [5.74, 6) is 0.0661. The Morgan fingerprint density at radius 1 is 1.15 bits per heavy atom. The first kappa shape index (κ1) is 17.2.